The van der Waals surface area contributed by atoms with Gasteiger partial charge in [0.05, 0.1) is 11.5 Å². The summed E-state index contributed by atoms with van der Waals surface area (Å²) < 4.78 is 0. The van der Waals surface area contributed by atoms with Gasteiger partial charge in [0, 0.05) is 44.6 Å². The third-order valence-corrected chi connectivity index (χ3v) is 8.15. The Morgan fingerprint density at radius 3 is 2.03 bits per heavy atom. The zero-order chi connectivity index (χ0) is 28.0. The second-order valence-electron chi connectivity index (χ2n) is 11.5. The molecule has 1 aliphatic heterocycles. The second kappa shape index (κ2) is 12.7. The summed E-state index contributed by atoms with van der Waals surface area (Å²) in [5.74, 6) is 0.306. The van der Waals surface area contributed by atoms with Crippen LogP contribution in [-0.2, 0) is 10.2 Å². The lowest BCUT2D eigenvalue weighted by atomic mass is 9.79. The predicted octanol–water partition coefficient (Wildman–Crippen LogP) is 5.67. The highest BCUT2D eigenvalue weighted by atomic mass is 16.3. The number of likely N-dealkylation sites (N-methyl/N-ethyl adjacent to an activating group) is 1. The van der Waals surface area contributed by atoms with Gasteiger partial charge in [0.2, 0.25) is 5.91 Å². The lowest BCUT2D eigenvalue weighted by Crippen LogP contribution is -2.48. The molecule has 0 bridgehead atoms. The molecule has 1 heterocycles. The molecular formula is C34H42N2O3. The van der Waals surface area contributed by atoms with E-state index in [0.29, 0.717) is 18.4 Å². The fraction of sp³-hybridized carbons (Fsp3) is 0.412. The van der Waals surface area contributed by atoms with Crippen LogP contribution in [0, 0.1) is 0 Å². The molecule has 2 atom stereocenters. The van der Waals surface area contributed by atoms with E-state index in [2.05, 4.69) is 53.4 Å². The van der Waals surface area contributed by atoms with Crippen LogP contribution < -0.4 is 0 Å². The molecular weight excluding hydrogens is 484 g/mol. The van der Waals surface area contributed by atoms with Gasteiger partial charge in [0.1, 0.15) is 0 Å². The van der Waals surface area contributed by atoms with Crippen molar-refractivity contribution in [2.45, 2.75) is 63.0 Å². The predicted molar refractivity (Wildman–Crippen MR) is 157 cm³/mol. The fourth-order valence-electron chi connectivity index (χ4n) is 5.95. The number of aliphatic hydroxyl groups is 1. The number of rotatable bonds is 10. The SMILES string of the molecule is CN(C)C(=O)C(C)(C)c1ccc(C(=O)CCCN2CCC(O)CC2C(c2ccccc2)c2ccccc2)cc1. The number of nitrogens with zero attached hydrogens (tertiary/aromatic N) is 2. The van der Waals surface area contributed by atoms with Crippen LogP contribution in [0.4, 0.5) is 0 Å². The largest absolute Gasteiger partial charge is 0.393 e. The number of hydrogen-bond acceptors (Lipinski definition) is 4. The van der Waals surface area contributed by atoms with Crippen LogP contribution in [0.5, 0.6) is 0 Å². The first-order valence-electron chi connectivity index (χ1n) is 14.1. The van der Waals surface area contributed by atoms with Crippen molar-refractivity contribution in [2.24, 2.45) is 0 Å². The van der Waals surface area contributed by atoms with Gasteiger partial charge < -0.3 is 10.0 Å². The van der Waals surface area contributed by atoms with E-state index >= 15 is 0 Å². The van der Waals surface area contributed by atoms with Crippen molar-refractivity contribution in [3.63, 3.8) is 0 Å². The summed E-state index contributed by atoms with van der Waals surface area (Å²) >= 11 is 0. The highest BCUT2D eigenvalue weighted by Gasteiger charge is 2.35. The normalized spacial score (nSPS) is 18.2. The Labute approximate surface area is 233 Å². The van der Waals surface area contributed by atoms with Crippen LogP contribution in [0.15, 0.2) is 84.9 Å². The average molecular weight is 527 g/mol. The number of Topliss-reactive ketones (excluding diaryl/α,β-unsaturated/α-hetero) is 1. The van der Waals surface area contributed by atoms with Gasteiger partial charge in [-0.15, -0.1) is 0 Å². The monoisotopic (exact) mass is 526 g/mol. The van der Waals surface area contributed by atoms with E-state index in [1.807, 2.05) is 50.2 Å². The summed E-state index contributed by atoms with van der Waals surface area (Å²) in [6.07, 6.45) is 2.38. The Morgan fingerprint density at radius 2 is 1.49 bits per heavy atom. The quantitative estimate of drug-likeness (QED) is 0.346. The van der Waals surface area contributed by atoms with Gasteiger partial charge >= 0.3 is 0 Å². The highest BCUT2D eigenvalue weighted by molar-refractivity contribution is 5.96. The minimum atomic E-state index is -0.646. The van der Waals surface area contributed by atoms with Crippen LogP contribution >= 0.6 is 0 Å². The molecule has 0 radical (unpaired) electrons. The van der Waals surface area contributed by atoms with E-state index < -0.39 is 5.41 Å². The first kappa shape index (κ1) is 28.7. The summed E-state index contributed by atoms with van der Waals surface area (Å²) in [6.45, 7) is 5.45. The van der Waals surface area contributed by atoms with E-state index in [1.54, 1.807) is 19.0 Å². The molecule has 3 aromatic carbocycles. The topological polar surface area (TPSA) is 60.9 Å². The number of carbonyl (C=O) groups is 2. The van der Waals surface area contributed by atoms with Crippen LogP contribution in [-0.4, -0.2) is 65.9 Å². The minimum absolute atomic E-state index is 0.0343. The molecule has 5 heteroatoms. The van der Waals surface area contributed by atoms with Gasteiger partial charge in [-0.1, -0.05) is 84.9 Å². The van der Waals surface area contributed by atoms with Crippen LogP contribution in [0.3, 0.4) is 0 Å². The Balaban J connectivity index is 1.44. The number of benzene rings is 3. The highest BCUT2D eigenvalue weighted by Crippen LogP contribution is 2.36. The molecule has 0 aliphatic carbocycles. The lowest BCUT2D eigenvalue weighted by Gasteiger charge is -2.42. The summed E-state index contributed by atoms with van der Waals surface area (Å²) in [5, 5.41) is 10.6. The van der Waals surface area contributed by atoms with Gasteiger partial charge in [-0.25, -0.2) is 0 Å². The molecule has 2 unspecified atom stereocenters. The minimum Gasteiger partial charge on any atom is -0.393 e. The van der Waals surface area contributed by atoms with Crippen LogP contribution in [0.1, 0.15) is 72.5 Å². The van der Waals surface area contributed by atoms with Gasteiger partial charge in [-0.3, -0.25) is 14.5 Å². The molecule has 0 aromatic heterocycles. The molecule has 1 N–H and O–H groups in total. The van der Waals surface area contributed by atoms with Crippen LogP contribution in [0.2, 0.25) is 0 Å². The Hall–Kier alpha value is -3.28. The second-order valence-corrected chi connectivity index (χ2v) is 11.5. The Kier molecular flexibility index (Phi) is 9.36. The van der Waals surface area contributed by atoms with Crippen molar-refractivity contribution in [1.82, 2.24) is 9.80 Å². The lowest BCUT2D eigenvalue weighted by molar-refractivity contribution is -0.133. The summed E-state index contributed by atoms with van der Waals surface area (Å²) in [6, 6.07) is 28.8. The molecule has 1 saturated heterocycles. The van der Waals surface area contributed by atoms with E-state index in [-0.39, 0.29) is 29.8 Å². The number of hydrogen-bond donors (Lipinski definition) is 1. The molecule has 1 amide bonds. The maximum atomic E-state index is 13.1. The molecule has 4 rings (SSSR count). The number of ketones is 1. The number of aliphatic hydroxyl groups excluding tert-OH is 1. The molecule has 0 saturated carbocycles. The number of piperidine rings is 1. The summed E-state index contributed by atoms with van der Waals surface area (Å²) in [4.78, 5) is 29.7. The van der Waals surface area contributed by atoms with E-state index in [9.17, 15) is 14.7 Å². The van der Waals surface area contributed by atoms with Crippen molar-refractivity contribution >= 4 is 11.7 Å². The van der Waals surface area contributed by atoms with Crippen molar-refractivity contribution < 1.29 is 14.7 Å². The zero-order valence-electron chi connectivity index (χ0n) is 23.7. The number of likely N-dealkylation sites (tertiary alicyclic amines) is 1. The third kappa shape index (κ3) is 6.84. The first-order valence-corrected chi connectivity index (χ1v) is 14.1. The smallest absolute Gasteiger partial charge is 0.232 e. The Bertz CT molecular complexity index is 1180. The third-order valence-electron chi connectivity index (χ3n) is 8.15. The molecule has 206 valence electrons. The van der Waals surface area contributed by atoms with Crippen molar-refractivity contribution in [3.8, 4) is 0 Å². The average Bonchev–Trinajstić information content (AvgIpc) is 2.95. The first-order chi connectivity index (χ1) is 18.7. The van der Waals surface area contributed by atoms with E-state index in [4.69, 9.17) is 0 Å². The summed E-state index contributed by atoms with van der Waals surface area (Å²) in [5.41, 5.74) is 3.44. The Morgan fingerprint density at radius 1 is 0.923 bits per heavy atom. The fourth-order valence-corrected chi connectivity index (χ4v) is 5.95. The molecule has 39 heavy (non-hydrogen) atoms. The number of amides is 1. The molecule has 0 spiro atoms. The maximum absolute atomic E-state index is 13.1. The van der Waals surface area contributed by atoms with E-state index in [1.165, 1.54) is 11.1 Å². The van der Waals surface area contributed by atoms with Gasteiger partial charge in [-0.05, 0) is 56.3 Å². The summed E-state index contributed by atoms with van der Waals surface area (Å²) in [7, 11) is 3.52. The van der Waals surface area contributed by atoms with Gasteiger partial charge in [0.25, 0.3) is 0 Å². The standard InChI is InChI=1S/C34H42N2O3/c1-34(2,33(39)35(3)4)28-19-17-25(18-20-28)31(38)16-11-22-36-23-21-29(37)24-30(36)32(26-12-7-5-8-13-26)27-14-9-6-10-15-27/h5-10,12-15,17-20,29-30,32,37H,11,16,21-24H2,1-4H3. The molecule has 1 fully saturated rings. The molecule has 1 aliphatic rings. The van der Waals surface area contributed by atoms with Crippen molar-refractivity contribution in [3.05, 3.63) is 107 Å². The van der Waals surface area contributed by atoms with Gasteiger partial charge in [0.15, 0.2) is 5.78 Å². The zero-order valence-corrected chi connectivity index (χ0v) is 23.7. The van der Waals surface area contributed by atoms with Crippen molar-refractivity contribution in [1.29, 1.82) is 0 Å². The molecule has 3 aromatic rings. The van der Waals surface area contributed by atoms with Crippen LogP contribution in [0.25, 0.3) is 0 Å². The van der Waals surface area contributed by atoms with Gasteiger partial charge in [-0.2, -0.15) is 0 Å². The van der Waals surface area contributed by atoms with Crippen molar-refractivity contribution in [2.75, 3.05) is 27.2 Å². The molecule has 5 nitrogen and oxygen atoms in total. The van der Waals surface area contributed by atoms with E-state index in [0.717, 1.165) is 31.5 Å². The maximum Gasteiger partial charge on any atom is 0.232 e. The number of carbonyl (C=O) groups excluding carboxylic acids is 2.